The number of benzene rings is 1. The average molecular weight is 323 g/mol. The van der Waals surface area contributed by atoms with Gasteiger partial charge in [-0.3, -0.25) is 0 Å². The van der Waals surface area contributed by atoms with Crippen molar-refractivity contribution in [2.75, 3.05) is 44.4 Å². The molecule has 1 heterocycles. The van der Waals surface area contributed by atoms with Crippen molar-refractivity contribution in [3.63, 3.8) is 0 Å². The van der Waals surface area contributed by atoms with Crippen LogP contribution in [-0.4, -0.2) is 61.0 Å². The van der Waals surface area contributed by atoms with Crippen LogP contribution in [0.3, 0.4) is 0 Å². The zero-order chi connectivity index (χ0) is 15.9. The van der Waals surface area contributed by atoms with E-state index in [1.54, 1.807) is 28.5 Å². The van der Waals surface area contributed by atoms with E-state index >= 15 is 0 Å². The number of carbonyl (C=O) groups is 2. The zero-order valence-corrected chi connectivity index (χ0v) is 13.7. The van der Waals surface area contributed by atoms with Crippen molar-refractivity contribution in [1.29, 1.82) is 0 Å². The third-order valence-electron chi connectivity index (χ3n) is 3.41. The highest BCUT2D eigenvalue weighted by Gasteiger charge is 2.24. The Morgan fingerprint density at radius 3 is 2.55 bits per heavy atom. The SMILES string of the molecule is CCOC(=O)N1CCN(C(=O)Nc2cccc(SC)c2)CC1. The third-order valence-corrected chi connectivity index (χ3v) is 4.14. The Hall–Kier alpha value is -1.89. The summed E-state index contributed by atoms with van der Waals surface area (Å²) in [7, 11) is 0. The van der Waals surface area contributed by atoms with Gasteiger partial charge < -0.3 is 19.9 Å². The lowest BCUT2D eigenvalue weighted by molar-refractivity contribution is 0.0868. The van der Waals surface area contributed by atoms with Crippen molar-refractivity contribution in [2.24, 2.45) is 0 Å². The summed E-state index contributed by atoms with van der Waals surface area (Å²) >= 11 is 1.63. The summed E-state index contributed by atoms with van der Waals surface area (Å²) in [6.45, 7) is 4.16. The van der Waals surface area contributed by atoms with Gasteiger partial charge in [0.05, 0.1) is 6.61 Å². The van der Waals surface area contributed by atoms with Gasteiger partial charge in [0, 0.05) is 36.8 Å². The van der Waals surface area contributed by atoms with Gasteiger partial charge in [-0.15, -0.1) is 11.8 Å². The molecule has 3 amide bonds. The minimum absolute atomic E-state index is 0.137. The summed E-state index contributed by atoms with van der Waals surface area (Å²) in [6, 6.07) is 7.59. The van der Waals surface area contributed by atoms with Crippen LogP contribution in [0.5, 0.6) is 0 Å². The first-order valence-electron chi connectivity index (χ1n) is 7.25. The third kappa shape index (κ3) is 4.30. The van der Waals surface area contributed by atoms with E-state index in [4.69, 9.17) is 4.74 Å². The van der Waals surface area contributed by atoms with Crippen molar-refractivity contribution in [2.45, 2.75) is 11.8 Å². The molecule has 6 nitrogen and oxygen atoms in total. The number of nitrogens with zero attached hydrogens (tertiary/aromatic N) is 2. The van der Waals surface area contributed by atoms with Gasteiger partial charge >= 0.3 is 12.1 Å². The fourth-order valence-electron chi connectivity index (χ4n) is 2.21. The molecule has 0 atom stereocenters. The number of rotatable bonds is 3. The van der Waals surface area contributed by atoms with E-state index in [9.17, 15) is 9.59 Å². The second-order valence-corrected chi connectivity index (χ2v) is 5.71. The maximum absolute atomic E-state index is 12.2. The molecule has 7 heteroatoms. The first-order valence-corrected chi connectivity index (χ1v) is 8.48. The van der Waals surface area contributed by atoms with Gasteiger partial charge in [-0.25, -0.2) is 9.59 Å². The van der Waals surface area contributed by atoms with Crippen LogP contribution in [0, 0.1) is 0 Å². The van der Waals surface area contributed by atoms with Crippen molar-refractivity contribution in [3.8, 4) is 0 Å². The lowest BCUT2D eigenvalue weighted by Crippen LogP contribution is -2.51. The van der Waals surface area contributed by atoms with E-state index in [1.165, 1.54) is 0 Å². The number of urea groups is 1. The Kier molecular flexibility index (Phi) is 5.94. The number of piperazine rings is 1. The minimum atomic E-state index is -0.310. The molecule has 0 aliphatic carbocycles. The Labute approximate surface area is 134 Å². The highest BCUT2D eigenvalue weighted by Crippen LogP contribution is 2.19. The molecule has 0 unspecified atom stereocenters. The van der Waals surface area contributed by atoms with Crippen molar-refractivity contribution < 1.29 is 14.3 Å². The van der Waals surface area contributed by atoms with Gasteiger partial charge in [-0.05, 0) is 31.4 Å². The standard InChI is InChI=1S/C15H21N3O3S/c1-3-21-15(20)18-9-7-17(8-10-18)14(19)16-12-5-4-6-13(11-12)22-2/h4-6,11H,3,7-10H2,1-2H3,(H,16,19). The van der Waals surface area contributed by atoms with Gasteiger partial charge in [-0.1, -0.05) is 6.07 Å². The molecule has 1 aromatic carbocycles. The Bertz CT molecular complexity index is 531. The lowest BCUT2D eigenvalue weighted by Gasteiger charge is -2.34. The summed E-state index contributed by atoms with van der Waals surface area (Å²) in [5, 5.41) is 2.89. The molecule has 120 valence electrons. The number of anilines is 1. The summed E-state index contributed by atoms with van der Waals surface area (Å²) in [5.41, 5.74) is 0.782. The smallest absolute Gasteiger partial charge is 0.409 e. The Balaban J connectivity index is 1.85. The van der Waals surface area contributed by atoms with Crippen molar-refractivity contribution >= 4 is 29.6 Å². The van der Waals surface area contributed by atoms with Crippen LogP contribution >= 0.6 is 11.8 Å². The number of carbonyl (C=O) groups excluding carboxylic acids is 2. The first kappa shape index (κ1) is 16.5. The van der Waals surface area contributed by atoms with E-state index < -0.39 is 0 Å². The largest absolute Gasteiger partial charge is 0.450 e. The van der Waals surface area contributed by atoms with Crippen LogP contribution in [-0.2, 0) is 4.74 Å². The van der Waals surface area contributed by atoms with Gasteiger partial charge in [0.1, 0.15) is 0 Å². The summed E-state index contributed by atoms with van der Waals surface area (Å²) in [6.07, 6.45) is 1.69. The first-order chi connectivity index (χ1) is 10.6. The molecule has 1 N–H and O–H groups in total. The molecule has 0 saturated carbocycles. The minimum Gasteiger partial charge on any atom is -0.450 e. The van der Waals surface area contributed by atoms with Crippen molar-refractivity contribution in [3.05, 3.63) is 24.3 Å². The van der Waals surface area contributed by atoms with Crippen LogP contribution in [0.15, 0.2) is 29.2 Å². The van der Waals surface area contributed by atoms with E-state index in [2.05, 4.69) is 5.32 Å². The second-order valence-electron chi connectivity index (χ2n) is 4.84. The number of ether oxygens (including phenoxy) is 1. The van der Waals surface area contributed by atoms with E-state index in [0.29, 0.717) is 32.8 Å². The molecule has 2 rings (SSSR count). The van der Waals surface area contributed by atoms with Gasteiger partial charge in [0.25, 0.3) is 0 Å². The number of nitrogens with one attached hydrogen (secondary N) is 1. The zero-order valence-electron chi connectivity index (χ0n) is 12.9. The van der Waals surface area contributed by atoms with Gasteiger partial charge in [-0.2, -0.15) is 0 Å². The maximum atomic E-state index is 12.2. The maximum Gasteiger partial charge on any atom is 0.409 e. The van der Waals surface area contributed by atoms with E-state index in [1.807, 2.05) is 30.5 Å². The molecule has 0 spiro atoms. The molecule has 22 heavy (non-hydrogen) atoms. The van der Waals surface area contributed by atoms with Gasteiger partial charge in [0.15, 0.2) is 0 Å². The van der Waals surface area contributed by atoms with Crippen LogP contribution in [0.1, 0.15) is 6.92 Å². The molecule has 1 aliphatic rings. The average Bonchev–Trinajstić information content (AvgIpc) is 2.55. The second kappa shape index (κ2) is 7.93. The molecule has 1 aliphatic heterocycles. The van der Waals surface area contributed by atoms with Crippen LogP contribution in [0.2, 0.25) is 0 Å². The highest BCUT2D eigenvalue weighted by molar-refractivity contribution is 7.98. The van der Waals surface area contributed by atoms with Gasteiger partial charge in [0.2, 0.25) is 0 Å². The van der Waals surface area contributed by atoms with E-state index in [0.717, 1.165) is 10.6 Å². The predicted molar refractivity (Wildman–Crippen MR) is 87.4 cm³/mol. The van der Waals surface area contributed by atoms with Crippen LogP contribution < -0.4 is 5.32 Å². The van der Waals surface area contributed by atoms with Crippen molar-refractivity contribution in [1.82, 2.24) is 9.80 Å². The molecule has 0 bridgehead atoms. The summed E-state index contributed by atoms with van der Waals surface area (Å²) < 4.78 is 4.96. The molecular weight excluding hydrogens is 302 g/mol. The summed E-state index contributed by atoms with van der Waals surface area (Å²) in [4.78, 5) is 28.3. The fraction of sp³-hybridized carbons (Fsp3) is 0.467. The Morgan fingerprint density at radius 2 is 1.91 bits per heavy atom. The van der Waals surface area contributed by atoms with Crippen LogP contribution in [0.4, 0.5) is 15.3 Å². The highest BCUT2D eigenvalue weighted by atomic mass is 32.2. The molecular formula is C15H21N3O3S. The monoisotopic (exact) mass is 323 g/mol. The molecule has 1 aromatic rings. The molecule has 1 fully saturated rings. The molecule has 0 aromatic heterocycles. The summed E-state index contributed by atoms with van der Waals surface area (Å²) in [5.74, 6) is 0. The number of amides is 3. The lowest BCUT2D eigenvalue weighted by atomic mass is 10.3. The predicted octanol–water partition coefficient (Wildman–Crippen LogP) is 2.71. The Morgan fingerprint density at radius 1 is 1.23 bits per heavy atom. The quantitative estimate of drug-likeness (QED) is 0.869. The van der Waals surface area contributed by atoms with Crippen LogP contribution in [0.25, 0.3) is 0 Å². The number of hydrogen-bond acceptors (Lipinski definition) is 4. The molecule has 0 radical (unpaired) electrons. The number of thioether (sulfide) groups is 1. The fourth-order valence-corrected chi connectivity index (χ4v) is 2.67. The van der Waals surface area contributed by atoms with E-state index in [-0.39, 0.29) is 12.1 Å². The normalized spacial score (nSPS) is 14.6. The molecule has 1 saturated heterocycles. The number of hydrogen-bond donors (Lipinski definition) is 1. The topological polar surface area (TPSA) is 61.9 Å².